The zero-order valence-electron chi connectivity index (χ0n) is 11.5. The number of hydrogen-bond donors (Lipinski definition) is 0. The maximum Gasteiger partial charge on any atom is 0.243 e. The molecule has 2 fully saturated rings. The Morgan fingerprint density at radius 2 is 2.17 bits per heavy atom. The molecular formula is C14H22N2O2. The molecule has 1 atom stereocenters. The number of methoxy groups -OCH3 is 1. The minimum absolute atomic E-state index is 0.0195. The van der Waals surface area contributed by atoms with Crippen LogP contribution in [0.4, 0.5) is 0 Å². The lowest BCUT2D eigenvalue weighted by Crippen LogP contribution is -2.56. The van der Waals surface area contributed by atoms with Gasteiger partial charge in [0.05, 0.1) is 11.7 Å². The van der Waals surface area contributed by atoms with Gasteiger partial charge in [0.2, 0.25) is 5.91 Å². The molecule has 4 nitrogen and oxygen atoms in total. The van der Waals surface area contributed by atoms with Crippen molar-refractivity contribution < 1.29 is 9.53 Å². The number of carbonyl (C=O) groups is 1. The maximum absolute atomic E-state index is 12.5. The van der Waals surface area contributed by atoms with Gasteiger partial charge in [0, 0.05) is 20.2 Å². The first-order valence-electron chi connectivity index (χ1n) is 6.70. The monoisotopic (exact) mass is 250 g/mol. The van der Waals surface area contributed by atoms with E-state index in [4.69, 9.17) is 4.74 Å². The van der Waals surface area contributed by atoms with Gasteiger partial charge in [-0.3, -0.25) is 4.79 Å². The van der Waals surface area contributed by atoms with E-state index >= 15 is 0 Å². The SMILES string of the molecule is COC1(C)CCCN(C(=O)C2(C#N)CC(C)C2)C1. The molecule has 0 N–H and O–H groups in total. The fourth-order valence-corrected chi connectivity index (χ4v) is 3.29. The van der Waals surface area contributed by atoms with Gasteiger partial charge in [-0.25, -0.2) is 0 Å². The standard InChI is InChI=1S/C14H22N2O2/c1-11-7-14(8-11,9-15)12(17)16-6-4-5-13(2,10-16)18-3/h11H,4-8,10H2,1-3H3. The Bertz CT molecular complexity index is 382. The van der Waals surface area contributed by atoms with Crippen molar-refractivity contribution >= 4 is 5.91 Å². The largest absolute Gasteiger partial charge is 0.377 e. The molecule has 0 aromatic rings. The van der Waals surface area contributed by atoms with E-state index in [1.807, 2.05) is 11.8 Å². The van der Waals surface area contributed by atoms with Crippen molar-refractivity contribution in [2.45, 2.75) is 45.1 Å². The quantitative estimate of drug-likeness (QED) is 0.752. The Balaban J connectivity index is 2.08. The molecule has 18 heavy (non-hydrogen) atoms. The van der Waals surface area contributed by atoms with Crippen molar-refractivity contribution in [2.24, 2.45) is 11.3 Å². The lowest BCUT2D eigenvalue weighted by atomic mass is 9.62. The number of amides is 1. The molecule has 0 aromatic heterocycles. The van der Waals surface area contributed by atoms with Gasteiger partial charge < -0.3 is 9.64 Å². The Hall–Kier alpha value is -1.08. The van der Waals surface area contributed by atoms with Crippen LogP contribution in [-0.2, 0) is 9.53 Å². The van der Waals surface area contributed by atoms with E-state index in [1.165, 1.54) is 0 Å². The molecule has 0 radical (unpaired) electrons. The molecule has 0 aromatic carbocycles. The second kappa shape index (κ2) is 4.55. The van der Waals surface area contributed by atoms with E-state index in [-0.39, 0.29) is 11.5 Å². The van der Waals surface area contributed by atoms with Crippen LogP contribution in [0.3, 0.4) is 0 Å². The van der Waals surface area contributed by atoms with Crippen LogP contribution >= 0.6 is 0 Å². The van der Waals surface area contributed by atoms with E-state index in [9.17, 15) is 10.1 Å². The molecule has 1 saturated carbocycles. The van der Waals surface area contributed by atoms with Crippen LogP contribution in [0, 0.1) is 22.7 Å². The average Bonchev–Trinajstić information content (AvgIpc) is 2.34. The van der Waals surface area contributed by atoms with Crippen LogP contribution in [0.5, 0.6) is 0 Å². The Kier molecular flexibility index (Phi) is 3.37. The van der Waals surface area contributed by atoms with Crippen molar-refractivity contribution in [2.75, 3.05) is 20.2 Å². The van der Waals surface area contributed by atoms with Crippen molar-refractivity contribution in [1.29, 1.82) is 5.26 Å². The van der Waals surface area contributed by atoms with Gasteiger partial charge >= 0.3 is 0 Å². The van der Waals surface area contributed by atoms with E-state index in [2.05, 4.69) is 13.0 Å². The summed E-state index contributed by atoms with van der Waals surface area (Å²) < 4.78 is 5.50. The lowest BCUT2D eigenvalue weighted by molar-refractivity contribution is -0.153. The number of nitrogens with zero attached hydrogens (tertiary/aromatic N) is 2. The Morgan fingerprint density at radius 3 is 2.67 bits per heavy atom. The van der Waals surface area contributed by atoms with Crippen LogP contribution in [0.1, 0.15) is 39.5 Å². The summed E-state index contributed by atoms with van der Waals surface area (Å²) in [7, 11) is 1.69. The molecule has 1 aliphatic carbocycles. The van der Waals surface area contributed by atoms with Gasteiger partial charge in [0.15, 0.2) is 0 Å². The first-order chi connectivity index (χ1) is 8.45. The van der Waals surface area contributed by atoms with Gasteiger partial charge in [0.25, 0.3) is 0 Å². The number of piperidine rings is 1. The number of hydrogen-bond acceptors (Lipinski definition) is 3. The van der Waals surface area contributed by atoms with E-state index in [0.717, 1.165) is 19.4 Å². The molecule has 4 heteroatoms. The number of likely N-dealkylation sites (tertiary alicyclic amines) is 1. The third kappa shape index (κ3) is 2.12. The number of carbonyl (C=O) groups excluding carboxylic acids is 1. The van der Waals surface area contributed by atoms with Crippen molar-refractivity contribution in [1.82, 2.24) is 4.90 Å². The molecule has 0 spiro atoms. The predicted octanol–water partition coefficient (Wildman–Crippen LogP) is 1.95. The van der Waals surface area contributed by atoms with Gasteiger partial charge in [-0.2, -0.15) is 5.26 Å². The Labute approximate surface area is 109 Å². The second-order valence-electron chi connectivity index (χ2n) is 6.19. The van der Waals surface area contributed by atoms with Crippen LogP contribution in [-0.4, -0.2) is 36.6 Å². The normalized spacial score (nSPS) is 39.9. The Morgan fingerprint density at radius 1 is 1.50 bits per heavy atom. The lowest BCUT2D eigenvalue weighted by Gasteiger charge is -2.46. The van der Waals surface area contributed by atoms with Gasteiger partial charge in [-0.1, -0.05) is 6.92 Å². The summed E-state index contributed by atoms with van der Waals surface area (Å²) in [5.41, 5.74) is -0.995. The van der Waals surface area contributed by atoms with Crippen LogP contribution in [0.2, 0.25) is 0 Å². The fourth-order valence-electron chi connectivity index (χ4n) is 3.29. The summed E-state index contributed by atoms with van der Waals surface area (Å²) in [6.07, 6.45) is 3.35. The molecule has 0 bridgehead atoms. The second-order valence-corrected chi connectivity index (χ2v) is 6.19. The van der Waals surface area contributed by atoms with Gasteiger partial charge in [-0.05, 0) is 38.5 Å². The molecule has 1 aliphatic heterocycles. The summed E-state index contributed by atoms with van der Waals surface area (Å²) in [5, 5.41) is 9.31. The summed E-state index contributed by atoms with van der Waals surface area (Å²) >= 11 is 0. The molecule has 2 aliphatic rings. The summed E-state index contributed by atoms with van der Waals surface area (Å²) in [6, 6.07) is 2.26. The number of ether oxygens (including phenoxy) is 1. The molecule has 2 rings (SSSR count). The van der Waals surface area contributed by atoms with Crippen LogP contribution in [0.25, 0.3) is 0 Å². The summed E-state index contributed by atoms with van der Waals surface area (Å²) in [5.74, 6) is 0.512. The zero-order chi connectivity index (χ0) is 13.4. The number of nitriles is 1. The highest BCUT2D eigenvalue weighted by Crippen LogP contribution is 2.46. The van der Waals surface area contributed by atoms with Crippen molar-refractivity contribution in [3.63, 3.8) is 0 Å². The highest BCUT2D eigenvalue weighted by molar-refractivity contribution is 5.86. The maximum atomic E-state index is 12.5. The summed E-state index contributed by atoms with van der Waals surface area (Å²) in [4.78, 5) is 14.4. The molecule has 100 valence electrons. The average molecular weight is 250 g/mol. The van der Waals surface area contributed by atoms with Crippen molar-refractivity contribution in [3.05, 3.63) is 0 Å². The smallest absolute Gasteiger partial charge is 0.243 e. The highest BCUT2D eigenvalue weighted by Gasteiger charge is 2.51. The minimum Gasteiger partial charge on any atom is -0.377 e. The third-order valence-electron chi connectivity index (χ3n) is 4.46. The molecule has 1 unspecified atom stereocenters. The number of rotatable bonds is 2. The molecule has 1 heterocycles. The molecule has 1 amide bonds. The third-order valence-corrected chi connectivity index (χ3v) is 4.46. The first-order valence-corrected chi connectivity index (χ1v) is 6.70. The van der Waals surface area contributed by atoms with Crippen molar-refractivity contribution in [3.8, 4) is 6.07 Å². The minimum atomic E-state index is -0.745. The first kappa shape index (κ1) is 13.4. The van der Waals surface area contributed by atoms with E-state index in [1.54, 1.807) is 7.11 Å². The zero-order valence-corrected chi connectivity index (χ0v) is 11.5. The molecular weight excluding hydrogens is 228 g/mol. The predicted molar refractivity (Wildman–Crippen MR) is 67.7 cm³/mol. The van der Waals surface area contributed by atoms with E-state index in [0.29, 0.717) is 25.3 Å². The van der Waals surface area contributed by atoms with Crippen LogP contribution < -0.4 is 0 Å². The van der Waals surface area contributed by atoms with E-state index < -0.39 is 5.41 Å². The van der Waals surface area contributed by atoms with Gasteiger partial charge in [0.1, 0.15) is 5.41 Å². The molecule has 1 saturated heterocycles. The highest BCUT2D eigenvalue weighted by atomic mass is 16.5. The van der Waals surface area contributed by atoms with Crippen LogP contribution in [0.15, 0.2) is 0 Å². The summed E-state index contributed by atoms with van der Waals surface area (Å²) in [6.45, 7) is 5.50. The van der Waals surface area contributed by atoms with Gasteiger partial charge in [-0.15, -0.1) is 0 Å². The topological polar surface area (TPSA) is 53.3 Å². The fraction of sp³-hybridized carbons (Fsp3) is 0.857.